The summed E-state index contributed by atoms with van der Waals surface area (Å²) in [5.41, 5.74) is 4.91. The quantitative estimate of drug-likeness (QED) is 0.651. The third-order valence-corrected chi connectivity index (χ3v) is 5.00. The van der Waals surface area contributed by atoms with Crippen molar-refractivity contribution < 1.29 is 14.3 Å². The van der Waals surface area contributed by atoms with Crippen molar-refractivity contribution >= 4 is 11.9 Å². The number of benzene rings is 1. The lowest BCUT2D eigenvalue weighted by molar-refractivity contribution is -0.142. The molecule has 1 saturated carbocycles. The molecule has 1 heterocycles. The van der Waals surface area contributed by atoms with Crippen molar-refractivity contribution in [2.75, 3.05) is 13.2 Å². The lowest BCUT2D eigenvalue weighted by Gasteiger charge is -2.23. The van der Waals surface area contributed by atoms with Gasteiger partial charge in [-0.3, -0.25) is 14.6 Å². The Morgan fingerprint density at radius 3 is 2.64 bits per heavy atom. The molecular formula is C23H28N2O3. The van der Waals surface area contributed by atoms with Crippen LogP contribution < -0.4 is 0 Å². The van der Waals surface area contributed by atoms with E-state index < -0.39 is 0 Å². The van der Waals surface area contributed by atoms with Crippen LogP contribution in [0.3, 0.4) is 0 Å². The topological polar surface area (TPSA) is 59.5 Å². The summed E-state index contributed by atoms with van der Waals surface area (Å²) in [5.74, 6) is 0.217. The molecule has 0 aliphatic heterocycles. The lowest BCUT2D eigenvalue weighted by Crippen LogP contribution is -2.31. The van der Waals surface area contributed by atoms with Crippen LogP contribution in [0.4, 0.5) is 0 Å². The monoisotopic (exact) mass is 380 g/mol. The highest BCUT2D eigenvalue weighted by Crippen LogP contribution is 2.32. The highest BCUT2D eigenvalue weighted by atomic mass is 16.5. The fourth-order valence-corrected chi connectivity index (χ4v) is 3.35. The van der Waals surface area contributed by atoms with Gasteiger partial charge in [0, 0.05) is 30.8 Å². The second-order valence-corrected chi connectivity index (χ2v) is 7.32. The highest BCUT2D eigenvalue weighted by molar-refractivity contribution is 5.81. The SMILES string of the molecule is CCOC(=O)Cc1ccnc(-c2ccc(C)cc2CN(CC)C(=O)C2CC2)c1. The van der Waals surface area contributed by atoms with Crippen molar-refractivity contribution in [1.29, 1.82) is 0 Å². The van der Waals surface area contributed by atoms with E-state index in [-0.39, 0.29) is 24.2 Å². The molecule has 0 radical (unpaired) electrons. The van der Waals surface area contributed by atoms with E-state index in [4.69, 9.17) is 4.74 Å². The molecule has 0 spiro atoms. The summed E-state index contributed by atoms with van der Waals surface area (Å²) in [4.78, 5) is 30.8. The van der Waals surface area contributed by atoms with E-state index >= 15 is 0 Å². The number of carbonyl (C=O) groups excluding carboxylic acids is 2. The number of nitrogens with zero attached hydrogens (tertiary/aromatic N) is 2. The van der Waals surface area contributed by atoms with Crippen LogP contribution in [0.2, 0.25) is 0 Å². The number of aromatic nitrogens is 1. The molecule has 1 aliphatic rings. The average Bonchev–Trinajstić information content (AvgIpc) is 3.51. The van der Waals surface area contributed by atoms with E-state index in [1.54, 1.807) is 13.1 Å². The molecule has 0 saturated heterocycles. The maximum atomic E-state index is 12.6. The Balaban J connectivity index is 1.87. The van der Waals surface area contributed by atoms with Crippen molar-refractivity contribution in [1.82, 2.24) is 9.88 Å². The molecule has 1 amide bonds. The molecule has 1 aliphatic carbocycles. The molecule has 0 bridgehead atoms. The Kier molecular flexibility index (Phi) is 6.45. The minimum Gasteiger partial charge on any atom is -0.466 e. The van der Waals surface area contributed by atoms with Crippen LogP contribution in [0.1, 0.15) is 43.4 Å². The van der Waals surface area contributed by atoms with E-state index in [0.717, 1.165) is 40.8 Å². The summed E-state index contributed by atoms with van der Waals surface area (Å²) < 4.78 is 5.05. The Hall–Kier alpha value is -2.69. The fourth-order valence-electron chi connectivity index (χ4n) is 3.35. The first-order valence-electron chi connectivity index (χ1n) is 10.0. The van der Waals surface area contributed by atoms with E-state index in [1.165, 1.54) is 0 Å². The first-order valence-corrected chi connectivity index (χ1v) is 10.0. The molecule has 5 heteroatoms. The number of rotatable bonds is 8. The maximum absolute atomic E-state index is 12.6. The molecule has 0 N–H and O–H groups in total. The summed E-state index contributed by atoms with van der Waals surface area (Å²) in [6.45, 7) is 7.52. The van der Waals surface area contributed by atoms with Gasteiger partial charge < -0.3 is 9.64 Å². The summed E-state index contributed by atoms with van der Waals surface area (Å²) in [5, 5.41) is 0. The van der Waals surface area contributed by atoms with Gasteiger partial charge >= 0.3 is 5.97 Å². The van der Waals surface area contributed by atoms with E-state index in [0.29, 0.717) is 19.7 Å². The summed E-state index contributed by atoms with van der Waals surface area (Å²) in [6, 6.07) is 10.00. The Morgan fingerprint density at radius 1 is 1.18 bits per heavy atom. The summed E-state index contributed by atoms with van der Waals surface area (Å²) >= 11 is 0. The van der Waals surface area contributed by atoms with Crippen molar-refractivity contribution in [3.05, 3.63) is 53.2 Å². The van der Waals surface area contributed by atoms with Gasteiger partial charge in [0.2, 0.25) is 5.91 Å². The first kappa shape index (κ1) is 20.1. The molecule has 1 aromatic heterocycles. The number of esters is 1. The minimum absolute atomic E-state index is 0.208. The molecule has 5 nitrogen and oxygen atoms in total. The van der Waals surface area contributed by atoms with Crippen LogP contribution in [0.15, 0.2) is 36.5 Å². The largest absolute Gasteiger partial charge is 0.466 e. The molecule has 1 fully saturated rings. The standard InChI is InChI=1S/C23H28N2O3/c1-4-25(23(27)18-7-8-18)15-19-12-16(3)6-9-20(19)21-13-17(10-11-24-21)14-22(26)28-5-2/h6,9-13,18H,4-5,7-8,14-15H2,1-3H3. The van der Waals surface area contributed by atoms with Gasteiger partial charge in [-0.2, -0.15) is 0 Å². The summed E-state index contributed by atoms with van der Waals surface area (Å²) in [7, 11) is 0. The van der Waals surface area contributed by atoms with Crippen LogP contribution in [-0.4, -0.2) is 34.9 Å². The smallest absolute Gasteiger partial charge is 0.310 e. The van der Waals surface area contributed by atoms with Gasteiger partial charge in [0.1, 0.15) is 0 Å². The third-order valence-electron chi connectivity index (χ3n) is 5.00. The van der Waals surface area contributed by atoms with Crippen LogP contribution >= 0.6 is 0 Å². The van der Waals surface area contributed by atoms with Gasteiger partial charge in [-0.25, -0.2) is 0 Å². The van der Waals surface area contributed by atoms with E-state index in [2.05, 4.69) is 30.1 Å². The second kappa shape index (κ2) is 9.00. The van der Waals surface area contributed by atoms with E-state index in [9.17, 15) is 9.59 Å². The Bertz CT molecular complexity index is 859. The maximum Gasteiger partial charge on any atom is 0.310 e. The molecule has 148 valence electrons. The normalized spacial score (nSPS) is 13.2. The number of pyridine rings is 1. The highest BCUT2D eigenvalue weighted by Gasteiger charge is 2.33. The third kappa shape index (κ3) is 4.97. The van der Waals surface area contributed by atoms with Gasteiger partial charge in [-0.05, 0) is 56.9 Å². The van der Waals surface area contributed by atoms with Gasteiger partial charge in [-0.1, -0.05) is 23.8 Å². The number of aryl methyl sites for hydroxylation is 1. The molecule has 28 heavy (non-hydrogen) atoms. The molecular weight excluding hydrogens is 352 g/mol. The molecule has 3 rings (SSSR count). The van der Waals surface area contributed by atoms with E-state index in [1.807, 2.05) is 24.0 Å². The summed E-state index contributed by atoms with van der Waals surface area (Å²) in [6.07, 6.45) is 3.97. The number of ether oxygens (including phenoxy) is 1. The van der Waals surface area contributed by atoms with Crippen LogP contribution in [-0.2, 0) is 27.3 Å². The Morgan fingerprint density at radius 2 is 1.96 bits per heavy atom. The van der Waals surface area contributed by atoms with Gasteiger partial charge in [0.05, 0.1) is 18.7 Å². The van der Waals surface area contributed by atoms with Crippen molar-refractivity contribution in [3.8, 4) is 11.3 Å². The molecule has 0 unspecified atom stereocenters. The van der Waals surface area contributed by atoms with Gasteiger partial charge in [0.25, 0.3) is 0 Å². The van der Waals surface area contributed by atoms with Crippen molar-refractivity contribution in [2.45, 2.75) is 46.6 Å². The van der Waals surface area contributed by atoms with Crippen LogP contribution in [0, 0.1) is 12.8 Å². The zero-order valence-corrected chi connectivity index (χ0v) is 16.9. The number of hydrogen-bond donors (Lipinski definition) is 0. The fraction of sp³-hybridized carbons (Fsp3) is 0.435. The predicted molar refractivity (Wildman–Crippen MR) is 109 cm³/mol. The van der Waals surface area contributed by atoms with Crippen LogP contribution in [0.5, 0.6) is 0 Å². The molecule has 0 atom stereocenters. The van der Waals surface area contributed by atoms with Crippen molar-refractivity contribution in [2.24, 2.45) is 5.92 Å². The van der Waals surface area contributed by atoms with Crippen molar-refractivity contribution in [3.63, 3.8) is 0 Å². The van der Waals surface area contributed by atoms with Gasteiger partial charge in [-0.15, -0.1) is 0 Å². The number of amides is 1. The predicted octanol–water partition coefficient (Wildman–Crippen LogP) is 3.92. The molecule has 2 aromatic rings. The van der Waals surface area contributed by atoms with Gasteiger partial charge in [0.15, 0.2) is 0 Å². The number of carbonyl (C=O) groups is 2. The van der Waals surface area contributed by atoms with Crippen LogP contribution in [0.25, 0.3) is 11.3 Å². The first-order chi connectivity index (χ1) is 13.5. The zero-order chi connectivity index (χ0) is 20.1. The zero-order valence-electron chi connectivity index (χ0n) is 16.9. The number of hydrogen-bond acceptors (Lipinski definition) is 4. The second-order valence-electron chi connectivity index (χ2n) is 7.32. The average molecular weight is 380 g/mol. The Labute approximate surface area is 166 Å². The molecule has 1 aromatic carbocycles. The lowest BCUT2D eigenvalue weighted by atomic mass is 9.99. The minimum atomic E-state index is -0.240.